The van der Waals surface area contributed by atoms with Gasteiger partial charge >= 0.3 is 0 Å². The van der Waals surface area contributed by atoms with Crippen molar-refractivity contribution in [3.63, 3.8) is 0 Å². The zero-order chi connectivity index (χ0) is 16.9. The lowest BCUT2D eigenvalue weighted by Crippen LogP contribution is -2.05. The van der Waals surface area contributed by atoms with Gasteiger partial charge in [0.25, 0.3) is 0 Å². The fourth-order valence-corrected chi connectivity index (χ4v) is 2.48. The summed E-state index contributed by atoms with van der Waals surface area (Å²) in [6.07, 6.45) is 0.974. The van der Waals surface area contributed by atoms with Crippen molar-refractivity contribution >= 4 is 22.4 Å². The van der Waals surface area contributed by atoms with E-state index in [0.29, 0.717) is 6.61 Å². The van der Waals surface area contributed by atoms with E-state index in [-0.39, 0.29) is 5.92 Å². The van der Waals surface area contributed by atoms with E-state index in [2.05, 4.69) is 31.1 Å². The minimum atomic E-state index is 0.266. The summed E-state index contributed by atoms with van der Waals surface area (Å²) in [5.41, 5.74) is 1.87. The molecule has 2 aromatic carbocycles. The maximum Gasteiger partial charge on any atom is 0.142 e. The maximum atomic E-state index is 5.84. The van der Waals surface area contributed by atoms with Crippen LogP contribution in [0.15, 0.2) is 48.5 Å². The predicted molar refractivity (Wildman–Crippen MR) is 99.1 cm³/mol. The van der Waals surface area contributed by atoms with Crippen LogP contribution in [0.25, 0.3) is 10.9 Å². The van der Waals surface area contributed by atoms with Gasteiger partial charge in [-0.3, -0.25) is 0 Å². The largest absolute Gasteiger partial charge is 0.491 e. The standard InChI is InChI=1S/C20H23N3O/c1-4-13-24-18-12-8-7-11-17(18)22-20-15-9-5-6-10-16(15)21-19(23-20)14(2)3/h5-12,14H,4,13H2,1-3H3,(H,21,22,23). The molecular weight excluding hydrogens is 298 g/mol. The molecule has 0 saturated carbocycles. The third-order valence-electron chi connectivity index (χ3n) is 3.74. The maximum absolute atomic E-state index is 5.84. The molecule has 4 nitrogen and oxygen atoms in total. The van der Waals surface area contributed by atoms with Crippen molar-refractivity contribution in [2.45, 2.75) is 33.1 Å². The van der Waals surface area contributed by atoms with Crippen LogP contribution < -0.4 is 10.1 Å². The summed E-state index contributed by atoms with van der Waals surface area (Å²) in [5, 5.41) is 4.45. The number of hydrogen-bond donors (Lipinski definition) is 1. The summed E-state index contributed by atoms with van der Waals surface area (Å²) in [6.45, 7) is 7.00. The van der Waals surface area contributed by atoms with Gasteiger partial charge < -0.3 is 10.1 Å². The van der Waals surface area contributed by atoms with Crippen molar-refractivity contribution in [1.82, 2.24) is 9.97 Å². The molecular formula is C20H23N3O. The fraction of sp³-hybridized carbons (Fsp3) is 0.300. The minimum Gasteiger partial charge on any atom is -0.491 e. The van der Waals surface area contributed by atoms with Gasteiger partial charge in [-0.25, -0.2) is 9.97 Å². The van der Waals surface area contributed by atoms with Crippen LogP contribution in [0.3, 0.4) is 0 Å². The lowest BCUT2D eigenvalue weighted by atomic mass is 10.1. The number of benzene rings is 2. The number of fused-ring (bicyclic) bond motifs is 1. The Balaban J connectivity index is 2.04. The van der Waals surface area contributed by atoms with E-state index in [0.717, 1.165) is 40.4 Å². The SMILES string of the molecule is CCCOc1ccccc1Nc1nc(C(C)C)nc2ccccc12. The molecule has 0 atom stereocenters. The quantitative estimate of drug-likeness (QED) is 0.670. The molecule has 0 spiro atoms. The molecule has 0 aliphatic carbocycles. The number of para-hydroxylation sites is 3. The number of hydrogen-bond acceptors (Lipinski definition) is 4. The molecule has 4 heteroatoms. The van der Waals surface area contributed by atoms with Gasteiger partial charge in [-0.05, 0) is 30.7 Å². The van der Waals surface area contributed by atoms with Gasteiger partial charge in [0, 0.05) is 11.3 Å². The van der Waals surface area contributed by atoms with Crippen LogP contribution in [0.1, 0.15) is 38.9 Å². The van der Waals surface area contributed by atoms with Crippen molar-refractivity contribution < 1.29 is 4.74 Å². The zero-order valence-electron chi connectivity index (χ0n) is 14.4. The first-order valence-electron chi connectivity index (χ1n) is 8.44. The van der Waals surface area contributed by atoms with Crippen molar-refractivity contribution in [3.05, 3.63) is 54.4 Å². The third kappa shape index (κ3) is 3.48. The predicted octanol–water partition coefficient (Wildman–Crippen LogP) is 5.29. The first-order valence-corrected chi connectivity index (χ1v) is 8.44. The first-order chi connectivity index (χ1) is 11.7. The Bertz CT molecular complexity index is 830. The number of rotatable bonds is 6. The van der Waals surface area contributed by atoms with Gasteiger partial charge in [0.05, 0.1) is 17.8 Å². The highest BCUT2D eigenvalue weighted by Crippen LogP contribution is 2.30. The summed E-state index contributed by atoms with van der Waals surface area (Å²) in [6, 6.07) is 16.0. The average molecular weight is 321 g/mol. The number of aromatic nitrogens is 2. The van der Waals surface area contributed by atoms with E-state index in [1.807, 2.05) is 48.5 Å². The molecule has 3 aromatic rings. The minimum absolute atomic E-state index is 0.266. The van der Waals surface area contributed by atoms with Gasteiger partial charge in [0.15, 0.2) is 0 Å². The van der Waals surface area contributed by atoms with Crippen molar-refractivity contribution in [2.24, 2.45) is 0 Å². The second-order valence-corrected chi connectivity index (χ2v) is 6.07. The molecule has 0 unspecified atom stereocenters. The highest BCUT2D eigenvalue weighted by molar-refractivity contribution is 5.91. The van der Waals surface area contributed by atoms with Crippen molar-refractivity contribution in [2.75, 3.05) is 11.9 Å². The molecule has 0 aliphatic heterocycles. The second-order valence-electron chi connectivity index (χ2n) is 6.07. The monoisotopic (exact) mass is 321 g/mol. The molecule has 1 N–H and O–H groups in total. The zero-order valence-corrected chi connectivity index (χ0v) is 14.4. The molecule has 0 amide bonds. The highest BCUT2D eigenvalue weighted by atomic mass is 16.5. The van der Waals surface area contributed by atoms with E-state index >= 15 is 0 Å². The summed E-state index contributed by atoms with van der Waals surface area (Å²) >= 11 is 0. The number of nitrogens with zero attached hydrogens (tertiary/aromatic N) is 2. The molecule has 1 heterocycles. The Morgan fingerprint density at radius 3 is 2.54 bits per heavy atom. The van der Waals surface area contributed by atoms with Crippen LogP contribution in [0.4, 0.5) is 11.5 Å². The van der Waals surface area contributed by atoms with Gasteiger partial charge in [-0.15, -0.1) is 0 Å². The van der Waals surface area contributed by atoms with Crippen molar-refractivity contribution in [1.29, 1.82) is 0 Å². The van der Waals surface area contributed by atoms with E-state index in [4.69, 9.17) is 9.72 Å². The molecule has 0 radical (unpaired) electrons. The van der Waals surface area contributed by atoms with E-state index < -0.39 is 0 Å². The van der Waals surface area contributed by atoms with E-state index in [9.17, 15) is 0 Å². The van der Waals surface area contributed by atoms with Crippen LogP contribution >= 0.6 is 0 Å². The van der Waals surface area contributed by atoms with Gasteiger partial charge in [-0.1, -0.05) is 45.0 Å². The van der Waals surface area contributed by atoms with Crippen LogP contribution in [0.2, 0.25) is 0 Å². The Labute approximate surface area is 142 Å². The average Bonchev–Trinajstić information content (AvgIpc) is 2.60. The van der Waals surface area contributed by atoms with Crippen LogP contribution in [-0.2, 0) is 0 Å². The second kappa shape index (κ2) is 7.30. The Morgan fingerprint density at radius 2 is 1.75 bits per heavy atom. The third-order valence-corrected chi connectivity index (χ3v) is 3.74. The number of anilines is 2. The molecule has 124 valence electrons. The smallest absolute Gasteiger partial charge is 0.142 e. The summed E-state index contributed by atoms with van der Waals surface area (Å²) < 4.78 is 5.84. The lowest BCUT2D eigenvalue weighted by molar-refractivity contribution is 0.319. The summed E-state index contributed by atoms with van der Waals surface area (Å²) in [7, 11) is 0. The van der Waals surface area contributed by atoms with E-state index in [1.54, 1.807) is 0 Å². The summed E-state index contributed by atoms with van der Waals surface area (Å²) in [4.78, 5) is 9.41. The van der Waals surface area contributed by atoms with Gasteiger partial charge in [-0.2, -0.15) is 0 Å². The van der Waals surface area contributed by atoms with Crippen LogP contribution in [-0.4, -0.2) is 16.6 Å². The van der Waals surface area contributed by atoms with Crippen LogP contribution in [0.5, 0.6) is 5.75 Å². The Hall–Kier alpha value is -2.62. The topological polar surface area (TPSA) is 47.0 Å². The van der Waals surface area contributed by atoms with Gasteiger partial charge in [0.2, 0.25) is 0 Å². The first kappa shape index (κ1) is 16.2. The highest BCUT2D eigenvalue weighted by Gasteiger charge is 2.12. The number of nitrogens with one attached hydrogen (secondary N) is 1. The fourth-order valence-electron chi connectivity index (χ4n) is 2.48. The normalized spacial score (nSPS) is 11.0. The van der Waals surface area contributed by atoms with Crippen LogP contribution in [0, 0.1) is 0 Å². The van der Waals surface area contributed by atoms with Gasteiger partial charge in [0.1, 0.15) is 17.4 Å². The molecule has 0 fully saturated rings. The molecule has 0 aliphatic rings. The lowest BCUT2D eigenvalue weighted by Gasteiger charge is -2.15. The van der Waals surface area contributed by atoms with E-state index in [1.165, 1.54) is 0 Å². The summed E-state index contributed by atoms with van der Waals surface area (Å²) in [5.74, 6) is 2.76. The number of ether oxygens (including phenoxy) is 1. The molecule has 24 heavy (non-hydrogen) atoms. The molecule has 3 rings (SSSR count). The Morgan fingerprint density at radius 1 is 1.00 bits per heavy atom. The molecule has 1 aromatic heterocycles. The Kier molecular flexibility index (Phi) is 4.94. The van der Waals surface area contributed by atoms with Crippen molar-refractivity contribution in [3.8, 4) is 5.75 Å². The molecule has 0 bridgehead atoms. The molecule has 0 saturated heterocycles.